The van der Waals surface area contributed by atoms with Crippen LogP contribution in [0, 0.1) is 13.7 Å². The van der Waals surface area contributed by atoms with Gasteiger partial charge in [-0.05, 0) is 41.6 Å². The van der Waals surface area contributed by atoms with Crippen molar-refractivity contribution in [3.8, 4) is 0 Å². The van der Waals surface area contributed by atoms with Crippen LogP contribution in [-0.2, 0) is 4.74 Å². The maximum Gasteiger partial charge on any atom is 0.282 e. The Labute approximate surface area is 124 Å². The lowest BCUT2D eigenvalue weighted by atomic mass is 9.96. The molecule has 0 amide bonds. The number of aliphatic hydroxyl groups is 1. The molecule has 1 fully saturated rings. The second-order valence-electron chi connectivity index (χ2n) is 4.64. The van der Waals surface area contributed by atoms with E-state index < -0.39 is 10.5 Å². The van der Waals surface area contributed by atoms with E-state index >= 15 is 0 Å². The highest BCUT2D eigenvalue weighted by Gasteiger charge is 2.39. The van der Waals surface area contributed by atoms with Gasteiger partial charge in [0.05, 0.1) is 14.6 Å². The summed E-state index contributed by atoms with van der Waals surface area (Å²) in [5, 5.41) is 24.2. The molecule has 0 spiro atoms. The Hall–Kier alpha value is -0.930. The molecule has 0 aliphatic carbocycles. The first-order chi connectivity index (χ1) is 8.92. The van der Waals surface area contributed by atoms with Crippen LogP contribution in [0.1, 0.15) is 13.3 Å². The Morgan fingerprint density at radius 2 is 2.42 bits per heavy atom. The van der Waals surface area contributed by atoms with E-state index in [0.29, 0.717) is 23.1 Å². The number of ether oxygens (including phenoxy) is 1. The minimum Gasteiger partial charge on any atom is -0.385 e. The van der Waals surface area contributed by atoms with Gasteiger partial charge in [-0.1, -0.05) is 0 Å². The van der Waals surface area contributed by atoms with E-state index in [9.17, 15) is 15.2 Å². The number of anilines is 1. The Morgan fingerprint density at radius 1 is 1.68 bits per heavy atom. The van der Waals surface area contributed by atoms with E-state index in [1.807, 2.05) is 29.5 Å². The summed E-state index contributed by atoms with van der Waals surface area (Å²) in [4.78, 5) is 10.3. The van der Waals surface area contributed by atoms with Crippen LogP contribution >= 0.6 is 22.6 Å². The van der Waals surface area contributed by atoms with Crippen LogP contribution in [-0.4, -0.2) is 34.9 Å². The summed E-state index contributed by atoms with van der Waals surface area (Å²) >= 11 is 1.93. The zero-order valence-corrected chi connectivity index (χ0v) is 12.6. The van der Waals surface area contributed by atoms with Crippen LogP contribution in [0.25, 0.3) is 0 Å². The third kappa shape index (κ3) is 3.15. The summed E-state index contributed by atoms with van der Waals surface area (Å²) in [6.45, 7) is 2.76. The lowest BCUT2D eigenvalue weighted by Crippen LogP contribution is -2.43. The molecule has 0 radical (unpaired) electrons. The van der Waals surface area contributed by atoms with Crippen LogP contribution in [0.2, 0.25) is 0 Å². The Balaban J connectivity index is 2.04. The van der Waals surface area contributed by atoms with Crippen molar-refractivity contribution in [2.75, 3.05) is 18.5 Å². The van der Waals surface area contributed by atoms with Gasteiger partial charge < -0.3 is 15.2 Å². The highest BCUT2D eigenvalue weighted by Crippen LogP contribution is 2.28. The fourth-order valence-electron chi connectivity index (χ4n) is 2.02. The van der Waals surface area contributed by atoms with Gasteiger partial charge in [0, 0.05) is 31.3 Å². The fourth-order valence-corrected chi connectivity index (χ4v) is 2.74. The molecule has 6 nitrogen and oxygen atoms in total. The predicted molar refractivity (Wildman–Crippen MR) is 79.3 cm³/mol. The Kier molecular flexibility index (Phi) is 4.26. The molecular formula is C12H15IN2O4. The predicted octanol–water partition coefficient (Wildman–Crippen LogP) is 2.15. The number of halogens is 1. The third-order valence-electron chi connectivity index (χ3n) is 3.40. The normalized spacial score (nSPS) is 26.4. The maximum absolute atomic E-state index is 10.7. The van der Waals surface area contributed by atoms with Crippen LogP contribution in [0.15, 0.2) is 18.2 Å². The number of rotatable bonds is 4. The lowest BCUT2D eigenvalue weighted by Gasteiger charge is -2.26. The van der Waals surface area contributed by atoms with E-state index in [2.05, 4.69) is 5.32 Å². The van der Waals surface area contributed by atoms with Crippen molar-refractivity contribution in [2.24, 2.45) is 0 Å². The number of hydrogen-bond acceptors (Lipinski definition) is 5. The van der Waals surface area contributed by atoms with Crippen molar-refractivity contribution in [2.45, 2.75) is 25.0 Å². The first-order valence-electron chi connectivity index (χ1n) is 5.94. The molecule has 2 N–H and O–H groups in total. The van der Waals surface area contributed by atoms with Crippen molar-refractivity contribution in [3.05, 3.63) is 31.9 Å². The molecule has 1 aromatic carbocycles. The Bertz CT molecular complexity index is 497. The summed E-state index contributed by atoms with van der Waals surface area (Å²) in [5.41, 5.74) is -0.0438. The summed E-state index contributed by atoms with van der Waals surface area (Å²) in [6, 6.07) is 4.80. The third-order valence-corrected chi connectivity index (χ3v) is 4.27. The first-order valence-corrected chi connectivity index (χ1v) is 7.02. The number of benzene rings is 1. The van der Waals surface area contributed by atoms with Crippen LogP contribution < -0.4 is 5.32 Å². The standard InChI is InChI=1S/C12H15IN2O4/c1-8-12(16,4-5-19-8)7-14-9-2-3-11(15(17)18)10(13)6-9/h2-3,6,8,14,16H,4-5,7H2,1H3. The second kappa shape index (κ2) is 5.59. The monoisotopic (exact) mass is 378 g/mol. The highest BCUT2D eigenvalue weighted by molar-refractivity contribution is 14.1. The van der Waals surface area contributed by atoms with E-state index in [-0.39, 0.29) is 11.8 Å². The molecule has 1 heterocycles. The maximum atomic E-state index is 10.7. The molecule has 0 saturated carbocycles. The lowest BCUT2D eigenvalue weighted by molar-refractivity contribution is -0.385. The summed E-state index contributed by atoms with van der Waals surface area (Å²) < 4.78 is 5.92. The molecule has 1 saturated heterocycles. The van der Waals surface area contributed by atoms with Gasteiger partial charge in [-0.3, -0.25) is 10.1 Å². The van der Waals surface area contributed by atoms with Gasteiger partial charge in [-0.15, -0.1) is 0 Å². The van der Waals surface area contributed by atoms with E-state index in [1.54, 1.807) is 12.1 Å². The summed E-state index contributed by atoms with van der Waals surface area (Å²) in [6.07, 6.45) is 0.378. The largest absolute Gasteiger partial charge is 0.385 e. The van der Waals surface area contributed by atoms with Gasteiger partial charge in [-0.2, -0.15) is 0 Å². The smallest absolute Gasteiger partial charge is 0.282 e. The quantitative estimate of drug-likeness (QED) is 0.477. The zero-order valence-electron chi connectivity index (χ0n) is 10.4. The minimum atomic E-state index is -0.882. The fraction of sp³-hybridized carbons (Fsp3) is 0.500. The first kappa shape index (κ1) is 14.5. The molecule has 2 rings (SSSR count). The minimum absolute atomic E-state index is 0.0856. The van der Waals surface area contributed by atoms with Gasteiger partial charge in [0.25, 0.3) is 5.69 Å². The molecule has 19 heavy (non-hydrogen) atoms. The topological polar surface area (TPSA) is 84.6 Å². The summed E-state index contributed by atoms with van der Waals surface area (Å²) in [5.74, 6) is 0. The number of nitrogens with zero attached hydrogens (tertiary/aromatic N) is 1. The van der Waals surface area contributed by atoms with Crippen molar-refractivity contribution in [1.29, 1.82) is 0 Å². The highest BCUT2D eigenvalue weighted by atomic mass is 127. The molecule has 0 aromatic heterocycles. The molecule has 1 aliphatic rings. The van der Waals surface area contributed by atoms with Crippen molar-refractivity contribution >= 4 is 34.0 Å². The number of nitro groups is 1. The van der Waals surface area contributed by atoms with E-state index in [1.165, 1.54) is 6.07 Å². The van der Waals surface area contributed by atoms with Crippen LogP contribution in [0.4, 0.5) is 11.4 Å². The van der Waals surface area contributed by atoms with E-state index in [0.717, 1.165) is 5.69 Å². The van der Waals surface area contributed by atoms with Crippen LogP contribution in [0.3, 0.4) is 0 Å². The number of hydrogen-bond donors (Lipinski definition) is 2. The molecule has 104 valence electrons. The van der Waals surface area contributed by atoms with Crippen LogP contribution in [0.5, 0.6) is 0 Å². The second-order valence-corrected chi connectivity index (χ2v) is 5.81. The number of nitro benzene ring substituents is 1. The molecule has 1 aliphatic heterocycles. The summed E-state index contributed by atoms with van der Waals surface area (Å²) in [7, 11) is 0. The molecule has 0 bridgehead atoms. The molecule has 1 aromatic rings. The number of nitrogens with one attached hydrogen (secondary N) is 1. The van der Waals surface area contributed by atoms with Crippen molar-refractivity contribution in [3.63, 3.8) is 0 Å². The van der Waals surface area contributed by atoms with Gasteiger partial charge in [-0.25, -0.2) is 0 Å². The average Bonchev–Trinajstić information content (AvgIpc) is 2.67. The van der Waals surface area contributed by atoms with Crippen molar-refractivity contribution < 1.29 is 14.8 Å². The van der Waals surface area contributed by atoms with Gasteiger partial charge in [0.15, 0.2) is 0 Å². The molecular weight excluding hydrogens is 363 g/mol. The molecule has 2 atom stereocenters. The van der Waals surface area contributed by atoms with Gasteiger partial charge in [0.1, 0.15) is 5.60 Å². The van der Waals surface area contributed by atoms with Crippen molar-refractivity contribution in [1.82, 2.24) is 0 Å². The SMILES string of the molecule is CC1OCCC1(O)CNc1ccc([N+](=O)[O-])c(I)c1. The average molecular weight is 378 g/mol. The van der Waals surface area contributed by atoms with E-state index in [4.69, 9.17) is 4.74 Å². The van der Waals surface area contributed by atoms with Gasteiger partial charge >= 0.3 is 0 Å². The van der Waals surface area contributed by atoms with Gasteiger partial charge in [0.2, 0.25) is 0 Å². The zero-order chi connectivity index (χ0) is 14.0. The Morgan fingerprint density at radius 3 is 2.95 bits per heavy atom. The molecule has 2 unspecified atom stereocenters. The molecule has 7 heteroatoms.